The summed E-state index contributed by atoms with van der Waals surface area (Å²) in [4.78, 5) is 4.47. The molecule has 0 bridgehead atoms. The lowest BCUT2D eigenvalue weighted by molar-refractivity contribution is 0.335. The van der Waals surface area contributed by atoms with Gasteiger partial charge < -0.3 is 14.6 Å². The molecule has 6 heteroatoms. The van der Waals surface area contributed by atoms with Gasteiger partial charge in [-0.25, -0.2) is 0 Å². The molecule has 0 aliphatic rings. The largest absolute Gasteiger partial charge is 0.496 e. The molecule has 1 N–H and O–H groups in total. The number of ether oxygens (including phenoxy) is 1. The molecule has 1 atom stereocenters. The molecule has 0 saturated carbocycles. The van der Waals surface area contributed by atoms with E-state index >= 15 is 0 Å². The first kappa shape index (κ1) is 16.0. The third kappa shape index (κ3) is 3.83. The molecular formula is C15H20BrN3O2. The molecule has 2 aromatic rings. The SMILES string of the molecule is CNC(Cc1nc(-c2ccc(OC)c(Br)c2)no1)C(C)C. The van der Waals surface area contributed by atoms with Crippen molar-refractivity contribution in [3.05, 3.63) is 28.6 Å². The highest BCUT2D eigenvalue weighted by molar-refractivity contribution is 9.10. The molecule has 1 unspecified atom stereocenters. The summed E-state index contributed by atoms with van der Waals surface area (Å²) in [5, 5.41) is 7.33. The Bertz CT molecular complexity index is 598. The van der Waals surface area contributed by atoms with Crippen LogP contribution in [0, 0.1) is 5.92 Å². The van der Waals surface area contributed by atoms with Crippen LogP contribution in [0.25, 0.3) is 11.4 Å². The first-order valence-electron chi connectivity index (χ1n) is 6.89. The Balaban J connectivity index is 2.18. The number of methoxy groups -OCH3 is 1. The molecular weight excluding hydrogens is 334 g/mol. The first-order valence-corrected chi connectivity index (χ1v) is 7.68. The Hall–Kier alpha value is -1.40. The van der Waals surface area contributed by atoms with E-state index in [0.717, 1.165) is 22.2 Å². The van der Waals surface area contributed by atoms with E-state index in [-0.39, 0.29) is 0 Å². The summed E-state index contributed by atoms with van der Waals surface area (Å²) in [6.45, 7) is 4.33. The average Bonchev–Trinajstić information content (AvgIpc) is 2.93. The van der Waals surface area contributed by atoms with Gasteiger partial charge in [-0.2, -0.15) is 4.98 Å². The molecule has 0 amide bonds. The highest BCUT2D eigenvalue weighted by Gasteiger charge is 2.17. The van der Waals surface area contributed by atoms with Crippen LogP contribution in [-0.2, 0) is 6.42 Å². The molecule has 1 aromatic carbocycles. The van der Waals surface area contributed by atoms with Crippen molar-refractivity contribution < 1.29 is 9.26 Å². The minimum atomic E-state index is 0.320. The van der Waals surface area contributed by atoms with Crippen LogP contribution in [0.3, 0.4) is 0 Å². The monoisotopic (exact) mass is 353 g/mol. The molecule has 0 aliphatic carbocycles. The summed E-state index contributed by atoms with van der Waals surface area (Å²) >= 11 is 3.46. The number of nitrogens with one attached hydrogen (secondary N) is 1. The van der Waals surface area contributed by atoms with Gasteiger partial charge in [0.15, 0.2) is 0 Å². The number of rotatable bonds is 6. The lowest BCUT2D eigenvalue weighted by atomic mass is 10.0. The number of benzene rings is 1. The Kier molecular flexibility index (Phi) is 5.36. The van der Waals surface area contributed by atoms with Crippen LogP contribution in [0.5, 0.6) is 5.75 Å². The summed E-state index contributed by atoms with van der Waals surface area (Å²) in [5.74, 6) is 2.51. The molecule has 1 heterocycles. The molecule has 0 radical (unpaired) electrons. The highest BCUT2D eigenvalue weighted by atomic mass is 79.9. The molecule has 0 fully saturated rings. The molecule has 0 aliphatic heterocycles. The molecule has 0 spiro atoms. The van der Waals surface area contributed by atoms with Crippen molar-refractivity contribution in [2.24, 2.45) is 5.92 Å². The number of halogens is 1. The zero-order chi connectivity index (χ0) is 15.4. The molecule has 0 saturated heterocycles. The van der Waals surface area contributed by atoms with Crippen LogP contribution in [0.15, 0.2) is 27.2 Å². The Morgan fingerprint density at radius 3 is 2.71 bits per heavy atom. The maximum Gasteiger partial charge on any atom is 0.228 e. The summed E-state index contributed by atoms with van der Waals surface area (Å²) in [7, 11) is 3.58. The van der Waals surface area contributed by atoms with Crippen molar-refractivity contribution in [2.45, 2.75) is 26.3 Å². The molecule has 5 nitrogen and oxygen atoms in total. The van der Waals surface area contributed by atoms with Crippen LogP contribution in [0.1, 0.15) is 19.7 Å². The van der Waals surface area contributed by atoms with Crippen molar-refractivity contribution in [3.8, 4) is 17.1 Å². The summed E-state index contributed by atoms with van der Waals surface area (Å²) in [6, 6.07) is 6.03. The van der Waals surface area contributed by atoms with Crippen LogP contribution >= 0.6 is 15.9 Å². The minimum absolute atomic E-state index is 0.320. The Labute approximate surface area is 133 Å². The molecule has 2 rings (SSSR count). The predicted molar refractivity (Wildman–Crippen MR) is 85.4 cm³/mol. The van der Waals surface area contributed by atoms with Gasteiger partial charge in [0.2, 0.25) is 11.7 Å². The topological polar surface area (TPSA) is 60.2 Å². The molecule has 114 valence electrons. The van der Waals surface area contributed by atoms with Gasteiger partial charge in [0.05, 0.1) is 11.6 Å². The van der Waals surface area contributed by atoms with Crippen LogP contribution in [0.4, 0.5) is 0 Å². The van der Waals surface area contributed by atoms with Gasteiger partial charge in [-0.1, -0.05) is 19.0 Å². The van der Waals surface area contributed by atoms with Gasteiger partial charge in [0.25, 0.3) is 0 Å². The van der Waals surface area contributed by atoms with Crippen molar-refractivity contribution in [1.82, 2.24) is 15.5 Å². The quantitative estimate of drug-likeness (QED) is 0.863. The fourth-order valence-corrected chi connectivity index (χ4v) is 2.66. The van der Waals surface area contributed by atoms with E-state index in [1.54, 1.807) is 7.11 Å². The number of hydrogen-bond donors (Lipinski definition) is 1. The first-order chi connectivity index (χ1) is 10.0. The summed E-state index contributed by atoms with van der Waals surface area (Å²) in [5.41, 5.74) is 0.892. The number of nitrogens with zero attached hydrogens (tertiary/aromatic N) is 2. The van der Waals surface area contributed by atoms with Crippen LogP contribution < -0.4 is 10.1 Å². The van der Waals surface area contributed by atoms with Gasteiger partial charge in [-0.15, -0.1) is 0 Å². The van der Waals surface area contributed by atoms with Gasteiger partial charge >= 0.3 is 0 Å². The predicted octanol–water partition coefficient (Wildman–Crippen LogP) is 3.29. The maximum absolute atomic E-state index is 5.35. The highest BCUT2D eigenvalue weighted by Crippen LogP contribution is 2.29. The second-order valence-corrected chi connectivity index (χ2v) is 6.06. The second-order valence-electron chi connectivity index (χ2n) is 5.20. The van der Waals surface area contributed by atoms with Crippen LogP contribution in [0.2, 0.25) is 0 Å². The van der Waals surface area contributed by atoms with E-state index in [4.69, 9.17) is 9.26 Å². The number of likely N-dealkylation sites (N-methyl/N-ethyl adjacent to an activating group) is 1. The smallest absolute Gasteiger partial charge is 0.228 e. The van der Waals surface area contributed by atoms with E-state index in [2.05, 4.69) is 45.2 Å². The fraction of sp³-hybridized carbons (Fsp3) is 0.467. The van der Waals surface area contributed by atoms with Crippen molar-refractivity contribution in [3.63, 3.8) is 0 Å². The van der Waals surface area contributed by atoms with Gasteiger partial charge in [0, 0.05) is 18.0 Å². The fourth-order valence-electron chi connectivity index (χ4n) is 2.12. The van der Waals surface area contributed by atoms with Gasteiger partial charge in [-0.3, -0.25) is 0 Å². The van der Waals surface area contributed by atoms with E-state index in [9.17, 15) is 0 Å². The van der Waals surface area contributed by atoms with Gasteiger partial charge in [0.1, 0.15) is 5.75 Å². The average molecular weight is 354 g/mol. The van der Waals surface area contributed by atoms with Crippen molar-refractivity contribution in [2.75, 3.05) is 14.2 Å². The van der Waals surface area contributed by atoms with Crippen molar-refractivity contribution >= 4 is 15.9 Å². The minimum Gasteiger partial charge on any atom is -0.496 e. The second kappa shape index (κ2) is 7.04. The van der Waals surface area contributed by atoms with Crippen molar-refractivity contribution in [1.29, 1.82) is 0 Å². The molecule has 1 aromatic heterocycles. The zero-order valence-electron chi connectivity index (χ0n) is 12.7. The van der Waals surface area contributed by atoms with E-state index < -0.39 is 0 Å². The third-order valence-corrected chi connectivity index (χ3v) is 4.07. The third-order valence-electron chi connectivity index (χ3n) is 3.45. The Morgan fingerprint density at radius 1 is 1.38 bits per heavy atom. The van der Waals surface area contributed by atoms with E-state index in [1.165, 1.54) is 0 Å². The molecule has 21 heavy (non-hydrogen) atoms. The Morgan fingerprint density at radius 2 is 2.14 bits per heavy atom. The van der Waals surface area contributed by atoms with Crippen LogP contribution in [-0.4, -0.2) is 30.3 Å². The van der Waals surface area contributed by atoms with E-state index in [1.807, 2.05) is 25.2 Å². The zero-order valence-corrected chi connectivity index (χ0v) is 14.3. The number of aromatic nitrogens is 2. The summed E-state index contributed by atoms with van der Waals surface area (Å²) < 4.78 is 11.4. The van der Waals surface area contributed by atoms with Gasteiger partial charge in [-0.05, 0) is 47.1 Å². The lowest BCUT2D eigenvalue weighted by Crippen LogP contribution is -2.32. The lowest BCUT2D eigenvalue weighted by Gasteiger charge is -2.17. The number of hydrogen-bond acceptors (Lipinski definition) is 5. The van der Waals surface area contributed by atoms with E-state index in [0.29, 0.717) is 23.7 Å². The normalized spacial score (nSPS) is 12.7. The standard InChI is InChI=1S/C15H20BrN3O2/c1-9(2)12(17-3)8-14-18-15(19-21-14)10-5-6-13(20-4)11(16)7-10/h5-7,9,12,17H,8H2,1-4H3. The maximum atomic E-state index is 5.35. The summed E-state index contributed by atoms with van der Waals surface area (Å²) in [6.07, 6.45) is 0.721.